The molecule has 1 unspecified atom stereocenters. The molecule has 0 aliphatic rings. The summed E-state index contributed by atoms with van der Waals surface area (Å²) in [6, 6.07) is 8.47. The van der Waals surface area contributed by atoms with Gasteiger partial charge in [0.15, 0.2) is 0 Å². The van der Waals surface area contributed by atoms with Gasteiger partial charge in [-0.2, -0.15) is 0 Å². The molecule has 0 bridgehead atoms. The monoisotopic (exact) mass is 277 g/mol. The standard InChI is InChI=1S/C18H31NO/c1-6-7-9-16(14-19-18(2,3)4)12-15-10-8-11-17(13-15)20-5/h8,10-11,13,16,19H,6-7,9,12,14H2,1-5H3. The lowest BCUT2D eigenvalue weighted by Gasteiger charge is -2.25. The van der Waals surface area contributed by atoms with Crippen molar-refractivity contribution in [3.63, 3.8) is 0 Å². The molecular formula is C18H31NO. The van der Waals surface area contributed by atoms with Crippen LogP contribution in [0.5, 0.6) is 5.75 Å². The third-order valence-corrected chi connectivity index (χ3v) is 3.55. The first-order chi connectivity index (χ1) is 9.44. The van der Waals surface area contributed by atoms with Gasteiger partial charge in [0.05, 0.1) is 7.11 Å². The zero-order valence-corrected chi connectivity index (χ0v) is 13.8. The number of hydrogen-bond acceptors (Lipinski definition) is 2. The highest BCUT2D eigenvalue weighted by Gasteiger charge is 2.14. The van der Waals surface area contributed by atoms with Crippen LogP contribution >= 0.6 is 0 Å². The predicted molar refractivity (Wildman–Crippen MR) is 87.5 cm³/mol. The maximum Gasteiger partial charge on any atom is 0.119 e. The van der Waals surface area contributed by atoms with Gasteiger partial charge < -0.3 is 10.1 Å². The minimum Gasteiger partial charge on any atom is -0.497 e. The highest BCUT2D eigenvalue weighted by atomic mass is 16.5. The summed E-state index contributed by atoms with van der Waals surface area (Å²) in [6.45, 7) is 10.0. The molecule has 0 saturated heterocycles. The Kier molecular flexibility index (Phi) is 7.08. The Labute approximate surface area is 124 Å². The molecule has 0 radical (unpaired) electrons. The van der Waals surface area contributed by atoms with Crippen molar-refractivity contribution in [1.29, 1.82) is 0 Å². The molecule has 20 heavy (non-hydrogen) atoms. The van der Waals surface area contributed by atoms with Gasteiger partial charge in [-0.15, -0.1) is 0 Å². The molecule has 0 saturated carbocycles. The average Bonchev–Trinajstić information content (AvgIpc) is 2.41. The zero-order chi connectivity index (χ0) is 15.0. The maximum atomic E-state index is 5.32. The van der Waals surface area contributed by atoms with Crippen LogP contribution in [-0.2, 0) is 6.42 Å². The summed E-state index contributed by atoms with van der Waals surface area (Å²) >= 11 is 0. The van der Waals surface area contributed by atoms with Crippen LogP contribution in [0.2, 0.25) is 0 Å². The molecule has 1 atom stereocenters. The van der Waals surface area contributed by atoms with Crippen molar-refractivity contribution in [2.75, 3.05) is 13.7 Å². The molecule has 1 N–H and O–H groups in total. The minimum atomic E-state index is 0.193. The van der Waals surface area contributed by atoms with E-state index in [0.717, 1.165) is 18.7 Å². The number of nitrogens with one attached hydrogen (secondary N) is 1. The molecule has 0 spiro atoms. The zero-order valence-electron chi connectivity index (χ0n) is 13.8. The lowest BCUT2D eigenvalue weighted by Crippen LogP contribution is -2.39. The van der Waals surface area contributed by atoms with E-state index in [1.165, 1.54) is 24.8 Å². The molecule has 0 aromatic heterocycles. The maximum absolute atomic E-state index is 5.32. The van der Waals surface area contributed by atoms with Crippen molar-refractivity contribution in [1.82, 2.24) is 5.32 Å². The second-order valence-electron chi connectivity index (χ2n) is 6.69. The Bertz CT molecular complexity index is 381. The van der Waals surface area contributed by atoms with E-state index in [2.05, 4.69) is 51.2 Å². The fraction of sp³-hybridized carbons (Fsp3) is 0.667. The summed E-state index contributed by atoms with van der Waals surface area (Å²) in [4.78, 5) is 0. The fourth-order valence-electron chi connectivity index (χ4n) is 2.35. The lowest BCUT2D eigenvalue weighted by atomic mass is 9.93. The van der Waals surface area contributed by atoms with Gasteiger partial charge in [-0.25, -0.2) is 0 Å². The first-order valence-corrected chi connectivity index (χ1v) is 7.82. The number of benzene rings is 1. The van der Waals surface area contributed by atoms with Crippen molar-refractivity contribution in [2.24, 2.45) is 5.92 Å². The van der Waals surface area contributed by atoms with E-state index >= 15 is 0 Å². The van der Waals surface area contributed by atoms with E-state index in [4.69, 9.17) is 4.74 Å². The average molecular weight is 277 g/mol. The molecule has 1 aromatic rings. The van der Waals surface area contributed by atoms with Crippen LogP contribution in [0.4, 0.5) is 0 Å². The Hall–Kier alpha value is -1.02. The third-order valence-electron chi connectivity index (χ3n) is 3.55. The first kappa shape index (κ1) is 17.0. The summed E-state index contributed by atoms with van der Waals surface area (Å²) in [5.74, 6) is 1.65. The van der Waals surface area contributed by atoms with E-state index in [9.17, 15) is 0 Å². The first-order valence-electron chi connectivity index (χ1n) is 7.82. The van der Waals surface area contributed by atoms with Gasteiger partial charge in [-0.05, 0) is 63.8 Å². The summed E-state index contributed by atoms with van der Waals surface area (Å²) in [5.41, 5.74) is 1.57. The van der Waals surface area contributed by atoms with Gasteiger partial charge in [0.1, 0.15) is 5.75 Å². The highest BCUT2D eigenvalue weighted by molar-refractivity contribution is 5.28. The normalized spacial score (nSPS) is 13.2. The van der Waals surface area contributed by atoms with Gasteiger partial charge in [-0.3, -0.25) is 0 Å². The van der Waals surface area contributed by atoms with Crippen molar-refractivity contribution < 1.29 is 4.74 Å². The molecule has 0 fully saturated rings. The van der Waals surface area contributed by atoms with Crippen molar-refractivity contribution in [2.45, 2.75) is 58.9 Å². The van der Waals surface area contributed by atoms with Crippen LogP contribution in [0.3, 0.4) is 0 Å². The van der Waals surface area contributed by atoms with Gasteiger partial charge in [0.2, 0.25) is 0 Å². The fourth-order valence-corrected chi connectivity index (χ4v) is 2.35. The Morgan fingerprint density at radius 1 is 1.25 bits per heavy atom. The molecule has 2 nitrogen and oxygen atoms in total. The van der Waals surface area contributed by atoms with E-state index in [-0.39, 0.29) is 5.54 Å². The quantitative estimate of drug-likeness (QED) is 0.759. The molecule has 0 aliphatic heterocycles. The Balaban J connectivity index is 2.62. The number of rotatable bonds is 8. The SMILES string of the molecule is CCCCC(CNC(C)(C)C)Cc1cccc(OC)c1. The van der Waals surface area contributed by atoms with Crippen LogP contribution in [-0.4, -0.2) is 19.2 Å². The Morgan fingerprint density at radius 3 is 2.60 bits per heavy atom. The molecular weight excluding hydrogens is 246 g/mol. The number of hydrogen-bond donors (Lipinski definition) is 1. The smallest absolute Gasteiger partial charge is 0.119 e. The van der Waals surface area contributed by atoms with Gasteiger partial charge in [0, 0.05) is 5.54 Å². The number of methoxy groups -OCH3 is 1. The molecule has 2 heteroatoms. The summed E-state index contributed by atoms with van der Waals surface area (Å²) in [5, 5.41) is 3.65. The van der Waals surface area contributed by atoms with Crippen LogP contribution < -0.4 is 10.1 Å². The molecule has 0 aliphatic carbocycles. The second-order valence-corrected chi connectivity index (χ2v) is 6.69. The van der Waals surface area contributed by atoms with Crippen LogP contribution in [0.1, 0.15) is 52.5 Å². The minimum absolute atomic E-state index is 0.193. The van der Waals surface area contributed by atoms with E-state index < -0.39 is 0 Å². The molecule has 114 valence electrons. The second kappa shape index (κ2) is 8.31. The Morgan fingerprint density at radius 2 is 2.00 bits per heavy atom. The highest BCUT2D eigenvalue weighted by Crippen LogP contribution is 2.19. The van der Waals surface area contributed by atoms with Gasteiger partial charge >= 0.3 is 0 Å². The number of ether oxygens (including phenoxy) is 1. The molecule has 0 heterocycles. The van der Waals surface area contributed by atoms with Gasteiger partial charge in [-0.1, -0.05) is 31.9 Å². The van der Waals surface area contributed by atoms with Crippen molar-refractivity contribution in [3.8, 4) is 5.75 Å². The van der Waals surface area contributed by atoms with Crippen LogP contribution in [0.25, 0.3) is 0 Å². The van der Waals surface area contributed by atoms with E-state index in [0.29, 0.717) is 5.92 Å². The largest absolute Gasteiger partial charge is 0.497 e. The third kappa shape index (κ3) is 6.95. The molecule has 0 amide bonds. The van der Waals surface area contributed by atoms with Crippen molar-refractivity contribution >= 4 is 0 Å². The van der Waals surface area contributed by atoms with E-state index in [1.807, 2.05) is 6.07 Å². The topological polar surface area (TPSA) is 21.3 Å². The van der Waals surface area contributed by atoms with Gasteiger partial charge in [0.25, 0.3) is 0 Å². The van der Waals surface area contributed by atoms with Crippen molar-refractivity contribution in [3.05, 3.63) is 29.8 Å². The summed E-state index contributed by atoms with van der Waals surface area (Å²) in [7, 11) is 1.73. The lowest BCUT2D eigenvalue weighted by molar-refractivity contribution is 0.351. The van der Waals surface area contributed by atoms with Crippen LogP contribution in [0, 0.1) is 5.92 Å². The summed E-state index contributed by atoms with van der Waals surface area (Å²) in [6.07, 6.45) is 4.99. The summed E-state index contributed by atoms with van der Waals surface area (Å²) < 4.78 is 5.32. The molecule has 1 aromatic carbocycles. The molecule has 1 rings (SSSR count). The van der Waals surface area contributed by atoms with Crippen LogP contribution in [0.15, 0.2) is 24.3 Å². The van der Waals surface area contributed by atoms with E-state index in [1.54, 1.807) is 7.11 Å². The number of unbranched alkanes of at least 4 members (excludes halogenated alkanes) is 1. The predicted octanol–water partition coefficient (Wildman–Crippen LogP) is 4.43.